The van der Waals surface area contributed by atoms with Crippen LogP contribution in [0.3, 0.4) is 0 Å². The number of rotatable bonds is 7. The van der Waals surface area contributed by atoms with Gasteiger partial charge in [-0.1, -0.05) is 18.5 Å². The first kappa shape index (κ1) is 17.2. The van der Waals surface area contributed by atoms with Crippen molar-refractivity contribution in [3.05, 3.63) is 23.2 Å². The fourth-order valence-corrected chi connectivity index (χ4v) is 3.67. The molecular weight excluding hydrogens is 298 g/mol. The molecule has 1 rings (SSSR count). The molecule has 0 aliphatic carbocycles. The number of benzene rings is 1. The molecule has 0 aliphatic heterocycles. The van der Waals surface area contributed by atoms with Crippen molar-refractivity contribution in [2.75, 3.05) is 39.5 Å². The van der Waals surface area contributed by atoms with Gasteiger partial charge in [-0.25, -0.2) is 8.42 Å². The van der Waals surface area contributed by atoms with E-state index >= 15 is 0 Å². The minimum Gasteiger partial charge on any atom is -0.398 e. The number of anilines is 1. The van der Waals surface area contributed by atoms with Crippen molar-refractivity contribution in [3.8, 4) is 0 Å². The highest BCUT2D eigenvalue weighted by atomic mass is 35.5. The third-order valence-corrected chi connectivity index (χ3v) is 5.24. The Hall–Kier alpha value is -0.820. The molecule has 2 N–H and O–H groups in total. The lowest BCUT2D eigenvalue weighted by atomic mass is 10.3. The van der Waals surface area contributed by atoms with Crippen LogP contribution in [0, 0.1) is 0 Å². The van der Waals surface area contributed by atoms with Gasteiger partial charge < -0.3 is 10.6 Å². The zero-order chi connectivity index (χ0) is 15.3. The predicted molar refractivity (Wildman–Crippen MR) is 83.5 cm³/mol. The molecule has 0 fully saturated rings. The van der Waals surface area contributed by atoms with Gasteiger partial charge in [0.1, 0.15) is 4.90 Å². The van der Waals surface area contributed by atoms with E-state index in [4.69, 9.17) is 17.3 Å². The summed E-state index contributed by atoms with van der Waals surface area (Å²) in [6.45, 7) is 3.54. The molecule has 0 unspecified atom stereocenters. The number of nitrogens with two attached hydrogens (primary N) is 1. The predicted octanol–water partition coefficient (Wildman–Crippen LogP) is 1.88. The van der Waals surface area contributed by atoms with Crippen LogP contribution >= 0.6 is 11.6 Å². The highest BCUT2D eigenvalue weighted by molar-refractivity contribution is 7.89. The minimum atomic E-state index is -3.57. The van der Waals surface area contributed by atoms with Gasteiger partial charge in [0, 0.05) is 18.1 Å². The Kier molecular flexibility index (Phi) is 6.26. The van der Waals surface area contributed by atoms with E-state index in [9.17, 15) is 8.42 Å². The van der Waals surface area contributed by atoms with Gasteiger partial charge >= 0.3 is 0 Å². The SMILES string of the molecule is CCN(CCCN(C)C)S(=O)(=O)c1ccc(Cl)cc1N. The van der Waals surface area contributed by atoms with E-state index in [2.05, 4.69) is 0 Å². The molecule has 0 saturated carbocycles. The molecule has 0 aliphatic rings. The van der Waals surface area contributed by atoms with Crippen molar-refractivity contribution >= 4 is 27.3 Å². The van der Waals surface area contributed by atoms with Gasteiger partial charge in [-0.15, -0.1) is 0 Å². The van der Waals surface area contributed by atoms with Crippen LogP contribution in [-0.2, 0) is 10.0 Å². The standard InChI is InChI=1S/C13H22ClN3O2S/c1-4-17(9-5-8-16(2)3)20(18,19)13-7-6-11(14)10-12(13)15/h6-7,10H,4-5,8-9,15H2,1-3H3. The van der Waals surface area contributed by atoms with Gasteiger partial charge in [-0.05, 0) is 45.3 Å². The molecule has 0 atom stereocenters. The van der Waals surface area contributed by atoms with E-state index in [1.165, 1.54) is 16.4 Å². The van der Waals surface area contributed by atoms with E-state index in [-0.39, 0.29) is 10.6 Å². The Bertz CT molecular complexity index is 547. The van der Waals surface area contributed by atoms with Crippen molar-refractivity contribution in [2.45, 2.75) is 18.2 Å². The summed E-state index contributed by atoms with van der Waals surface area (Å²) < 4.78 is 26.6. The summed E-state index contributed by atoms with van der Waals surface area (Å²) in [5.41, 5.74) is 5.96. The lowest BCUT2D eigenvalue weighted by Crippen LogP contribution is -2.33. The van der Waals surface area contributed by atoms with E-state index in [0.717, 1.165) is 13.0 Å². The Morgan fingerprint density at radius 1 is 1.25 bits per heavy atom. The van der Waals surface area contributed by atoms with E-state index in [0.29, 0.717) is 18.1 Å². The van der Waals surface area contributed by atoms with Gasteiger partial charge in [0.15, 0.2) is 0 Å². The molecule has 5 nitrogen and oxygen atoms in total. The van der Waals surface area contributed by atoms with Gasteiger partial charge in [-0.2, -0.15) is 4.31 Å². The van der Waals surface area contributed by atoms with Crippen LogP contribution in [0.4, 0.5) is 5.69 Å². The Morgan fingerprint density at radius 2 is 1.90 bits per heavy atom. The molecule has 114 valence electrons. The Morgan fingerprint density at radius 3 is 2.40 bits per heavy atom. The van der Waals surface area contributed by atoms with Gasteiger partial charge in [0.25, 0.3) is 0 Å². The molecule has 7 heteroatoms. The van der Waals surface area contributed by atoms with Gasteiger partial charge in [0.05, 0.1) is 5.69 Å². The first-order chi connectivity index (χ1) is 9.28. The van der Waals surface area contributed by atoms with E-state index < -0.39 is 10.0 Å². The molecule has 20 heavy (non-hydrogen) atoms. The van der Waals surface area contributed by atoms with Crippen molar-refractivity contribution in [1.29, 1.82) is 0 Å². The van der Waals surface area contributed by atoms with Crippen molar-refractivity contribution in [1.82, 2.24) is 9.21 Å². The van der Waals surface area contributed by atoms with Crippen LogP contribution < -0.4 is 5.73 Å². The summed E-state index contributed by atoms with van der Waals surface area (Å²) in [6, 6.07) is 4.46. The second kappa shape index (κ2) is 7.26. The third-order valence-electron chi connectivity index (χ3n) is 2.96. The second-order valence-electron chi connectivity index (χ2n) is 4.84. The first-order valence-corrected chi connectivity index (χ1v) is 8.30. The highest BCUT2D eigenvalue weighted by Crippen LogP contribution is 2.25. The van der Waals surface area contributed by atoms with Crippen molar-refractivity contribution < 1.29 is 8.42 Å². The molecule has 1 aromatic carbocycles. The molecule has 0 spiro atoms. The molecule has 0 bridgehead atoms. The quantitative estimate of drug-likeness (QED) is 0.779. The molecule has 0 amide bonds. The second-order valence-corrected chi connectivity index (χ2v) is 7.18. The smallest absolute Gasteiger partial charge is 0.245 e. The normalized spacial score (nSPS) is 12.3. The summed E-state index contributed by atoms with van der Waals surface area (Å²) in [5.74, 6) is 0. The van der Waals surface area contributed by atoms with Crippen LogP contribution in [0.25, 0.3) is 0 Å². The highest BCUT2D eigenvalue weighted by Gasteiger charge is 2.24. The maximum absolute atomic E-state index is 12.6. The first-order valence-electron chi connectivity index (χ1n) is 6.49. The molecule has 1 aromatic rings. The largest absolute Gasteiger partial charge is 0.398 e. The molecule has 0 aromatic heterocycles. The van der Waals surface area contributed by atoms with Crippen LogP contribution in [0.5, 0.6) is 0 Å². The maximum atomic E-state index is 12.6. The summed E-state index contributed by atoms with van der Waals surface area (Å²) in [6.07, 6.45) is 0.771. The van der Waals surface area contributed by atoms with Crippen LogP contribution in [0.1, 0.15) is 13.3 Å². The molecule has 0 radical (unpaired) electrons. The number of sulfonamides is 1. The van der Waals surface area contributed by atoms with E-state index in [1.807, 2.05) is 25.9 Å². The zero-order valence-electron chi connectivity index (χ0n) is 12.1. The average molecular weight is 320 g/mol. The van der Waals surface area contributed by atoms with Gasteiger partial charge in [-0.3, -0.25) is 0 Å². The summed E-state index contributed by atoms with van der Waals surface area (Å²) in [4.78, 5) is 2.14. The average Bonchev–Trinajstić information content (AvgIpc) is 2.33. The number of nitrogens with zero attached hydrogens (tertiary/aromatic N) is 2. The summed E-state index contributed by atoms with van der Waals surface area (Å²) >= 11 is 5.80. The fraction of sp³-hybridized carbons (Fsp3) is 0.538. The number of halogens is 1. The van der Waals surface area contributed by atoms with Crippen molar-refractivity contribution in [3.63, 3.8) is 0 Å². The monoisotopic (exact) mass is 319 g/mol. The Labute approximate surface area is 126 Å². The minimum absolute atomic E-state index is 0.119. The summed E-state index contributed by atoms with van der Waals surface area (Å²) in [5, 5.41) is 0.428. The van der Waals surface area contributed by atoms with Crippen LogP contribution in [-0.4, -0.2) is 51.4 Å². The lowest BCUT2D eigenvalue weighted by molar-refractivity contribution is 0.356. The third kappa shape index (κ3) is 4.34. The molecule has 0 saturated heterocycles. The number of nitrogen functional groups attached to an aromatic ring is 1. The van der Waals surface area contributed by atoms with Crippen molar-refractivity contribution in [2.24, 2.45) is 0 Å². The fourth-order valence-electron chi connectivity index (χ4n) is 1.90. The molecule has 0 heterocycles. The zero-order valence-corrected chi connectivity index (χ0v) is 13.7. The van der Waals surface area contributed by atoms with Crippen LogP contribution in [0.2, 0.25) is 5.02 Å². The van der Waals surface area contributed by atoms with Gasteiger partial charge in [0.2, 0.25) is 10.0 Å². The Balaban J connectivity index is 2.94. The number of hydrogen-bond acceptors (Lipinski definition) is 4. The maximum Gasteiger partial charge on any atom is 0.245 e. The lowest BCUT2D eigenvalue weighted by Gasteiger charge is -2.22. The van der Waals surface area contributed by atoms with E-state index in [1.54, 1.807) is 6.07 Å². The summed E-state index contributed by atoms with van der Waals surface area (Å²) in [7, 11) is 0.355. The number of hydrogen-bond donors (Lipinski definition) is 1. The topological polar surface area (TPSA) is 66.6 Å². The van der Waals surface area contributed by atoms with Crippen LogP contribution in [0.15, 0.2) is 23.1 Å². The molecular formula is C13H22ClN3O2S.